The summed E-state index contributed by atoms with van der Waals surface area (Å²) in [5.41, 5.74) is 2.64. The molecule has 18 heavy (non-hydrogen) atoms. The molecule has 0 N–H and O–H groups in total. The fraction of sp³-hybridized carbons (Fsp3) is 0.125. The zero-order chi connectivity index (χ0) is 13.0. The fourth-order valence-corrected chi connectivity index (χ4v) is 1.83. The Morgan fingerprint density at radius 1 is 0.889 bits per heavy atom. The van der Waals surface area contributed by atoms with Crippen molar-refractivity contribution in [2.45, 2.75) is 13.3 Å². The maximum atomic E-state index is 11.8. The van der Waals surface area contributed by atoms with Gasteiger partial charge < -0.3 is 0 Å². The molecule has 0 unspecified atom stereocenters. The van der Waals surface area contributed by atoms with E-state index in [9.17, 15) is 9.59 Å². The van der Waals surface area contributed by atoms with Gasteiger partial charge in [-0.3, -0.25) is 9.59 Å². The van der Waals surface area contributed by atoms with E-state index in [0.717, 1.165) is 11.1 Å². The first kappa shape index (κ1) is 12.2. The van der Waals surface area contributed by atoms with Gasteiger partial charge in [-0.05, 0) is 24.1 Å². The minimum Gasteiger partial charge on any atom is -0.300 e. The molecule has 0 bridgehead atoms. The lowest BCUT2D eigenvalue weighted by molar-refractivity contribution is -0.116. The van der Waals surface area contributed by atoms with Gasteiger partial charge in [0, 0.05) is 5.56 Å². The van der Waals surface area contributed by atoms with Crippen LogP contribution in [0.15, 0.2) is 54.6 Å². The summed E-state index contributed by atoms with van der Waals surface area (Å²) in [5.74, 6) is -0.231. The Bertz CT molecular complexity index is 571. The number of hydrogen-bond donors (Lipinski definition) is 0. The molecular formula is C16H14O2. The molecule has 2 nitrogen and oxygen atoms in total. The Morgan fingerprint density at radius 3 is 2.22 bits per heavy atom. The van der Waals surface area contributed by atoms with Gasteiger partial charge in [0.25, 0.3) is 0 Å². The summed E-state index contributed by atoms with van der Waals surface area (Å²) < 4.78 is 0. The van der Waals surface area contributed by atoms with Gasteiger partial charge in [-0.15, -0.1) is 0 Å². The van der Waals surface area contributed by atoms with Crippen LogP contribution in [0.4, 0.5) is 0 Å². The zero-order valence-electron chi connectivity index (χ0n) is 10.2. The molecule has 0 fully saturated rings. The molecule has 0 aliphatic carbocycles. The molecule has 90 valence electrons. The summed E-state index contributed by atoms with van der Waals surface area (Å²) in [6, 6.07) is 17.2. The van der Waals surface area contributed by atoms with Crippen LogP contribution in [0, 0.1) is 0 Å². The van der Waals surface area contributed by atoms with Crippen LogP contribution < -0.4 is 0 Å². The molecule has 0 saturated carbocycles. The van der Waals surface area contributed by atoms with Gasteiger partial charge in [-0.2, -0.15) is 0 Å². The molecule has 0 amide bonds. The Morgan fingerprint density at radius 2 is 1.56 bits per heavy atom. The molecule has 0 atom stereocenters. The highest BCUT2D eigenvalue weighted by Gasteiger charge is 2.09. The molecule has 0 saturated heterocycles. The molecule has 0 radical (unpaired) electrons. The lowest BCUT2D eigenvalue weighted by Gasteiger charge is -2.04. The Labute approximate surface area is 106 Å². The van der Waals surface area contributed by atoms with Crippen LogP contribution in [0.3, 0.4) is 0 Å². The van der Waals surface area contributed by atoms with E-state index in [2.05, 4.69) is 0 Å². The number of ketones is 2. The SMILES string of the molecule is CC(=O)CC(=O)c1cccc(-c2ccccc2)c1. The number of carbonyl (C=O) groups excluding carboxylic acids is 2. The number of rotatable bonds is 4. The van der Waals surface area contributed by atoms with Gasteiger partial charge in [0.15, 0.2) is 5.78 Å². The summed E-state index contributed by atoms with van der Waals surface area (Å²) in [5, 5.41) is 0. The van der Waals surface area contributed by atoms with E-state index in [1.54, 1.807) is 6.07 Å². The molecule has 0 heterocycles. The van der Waals surface area contributed by atoms with Crippen molar-refractivity contribution in [1.82, 2.24) is 0 Å². The molecule has 0 aliphatic heterocycles. The molecule has 0 spiro atoms. The van der Waals surface area contributed by atoms with E-state index in [4.69, 9.17) is 0 Å². The van der Waals surface area contributed by atoms with E-state index in [-0.39, 0.29) is 18.0 Å². The predicted molar refractivity (Wildman–Crippen MR) is 71.5 cm³/mol. The molecule has 2 rings (SSSR count). The second-order valence-corrected chi connectivity index (χ2v) is 4.25. The van der Waals surface area contributed by atoms with Crippen molar-refractivity contribution in [1.29, 1.82) is 0 Å². The maximum Gasteiger partial charge on any atom is 0.170 e. The van der Waals surface area contributed by atoms with Gasteiger partial charge in [0.05, 0.1) is 6.42 Å². The quantitative estimate of drug-likeness (QED) is 0.603. The van der Waals surface area contributed by atoms with Crippen molar-refractivity contribution >= 4 is 11.6 Å². The van der Waals surface area contributed by atoms with Crippen molar-refractivity contribution in [3.05, 3.63) is 60.2 Å². The minimum absolute atomic E-state index is 0.0295. The van der Waals surface area contributed by atoms with E-state index in [0.29, 0.717) is 5.56 Å². The number of Topliss-reactive ketones (excluding diaryl/α,β-unsaturated/α-hetero) is 2. The van der Waals surface area contributed by atoms with Crippen LogP contribution in [-0.4, -0.2) is 11.6 Å². The first-order chi connectivity index (χ1) is 8.66. The second-order valence-electron chi connectivity index (χ2n) is 4.25. The van der Waals surface area contributed by atoms with Gasteiger partial charge >= 0.3 is 0 Å². The molecule has 2 heteroatoms. The zero-order valence-corrected chi connectivity index (χ0v) is 10.2. The molecular weight excluding hydrogens is 224 g/mol. The first-order valence-corrected chi connectivity index (χ1v) is 5.85. The van der Waals surface area contributed by atoms with Crippen LogP contribution in [0.5, 0.6) is 0 Å². The average Bonchev–Trinajstić information content (AvgIpc) is 2.39. The summed E-state index contributed by atoms with van der Waals surface area (Å²) in [4.78, 5) is 22.8. The highest BCUT2D eigenvalue weighted by atomic mass is 16.1. The first-order valence-electron chi connectivity index (χ1n) is 5.85. The van der Waals surface area contributed by atoms with E-state index < -0.39 is 0 Å². The van der Waals surface area contributed by atoms with Crippen LogP contribution >= 0.6 is 0 Å². The monoisotopic (exact) mass is 238 g/mol. The average molecular weight is 238 g/mol. The Kier molecular flexibility index (Phi) is 3.68. The third kappa shape index (κ3) is 2.92. The highest BCUT2D eigenvalue weighted by Crippen LogP contribution is 2.20. The normalized spacial score (nSPS) is 10.1. The van der Waals surface area contributed by atoms with E-state index in [1.807, 2.05) is 48.5 Å². The van der Waals surface area contributed by atoms with E-state index >= 15 is 0 Å². The smallest absolute Gasteiger partial charge is 0.170 e. The fourth-order valence-electron chi connectivity index (χ4n) is 1.83. The largest absolute Gasteiger partial charge is 0.300 e. The lowest BCUT2D eigenvalue weighted by Crippen LogP contribution is -2.04. The highest BCUT2D eigenvalue weighted by molar-refractivity contribution is 6.07. The third-order valence-electron chi connectivity index (χ3n) is 2.70. The number of benzene rings is 2. The van der Waals surface area contributed by atoms with Crippen molar-refractivity contribution in [2.75, 3.05) is 0 Å². The standard InChI is InChI=1S/C16H14O2/c1-12(17)10-16(18)15-9-5-8-14(11-15)13-6-3-2-4-7-13/h2-9,11H,10H2,1H3. The van der Waals surface area contributed by atoms with Crippen LogP contribution in [0.25, 0.3) is 11.1 Å². The van der Waals surface area contributed by atoms with Crippen molar-refractivity contribution in [3.8, 4) is 11.1 Å². The second kappa shape index (κ2) is 5.41. The summed E-state index contributed by atoms with van der Waals surface area (Å²) in [7, 11) is 0. The van der Waals surface area contributed by atoms with Crippen LogP contribution in [0.2, 0.25) is 0 Å². The molecule has 2 aromatic carbocycles. The maximum absolute atomic E-state index is 11.8. The van der Waals surface area contributed by atoms with Crippen molar-refractivity contribution in [3.63, 3.8) is 0 Å². The number of carbonyl (C=O) groups is 2. The van der Waals surface area contributed by atoms with Crippen LogP contribution in [0.1, 0.15) is 23.7 Å². The molecule has 0 aromatic heterocycles. The summed E-state index contributed by atoms with van der Waals surface area (Å²) in [6.07, 6.45) is -0.0295. The Hall–Kier alpha value is -2.22. The van der Waals surface area contributed by atoms with Crippen molar-refractivity contribution in [2.24, 2.45) is 0 Å². The summed E-state index contributed by atoms with van der Waals surface area (Å²) >= 11 is 0. The molecule has 2 aromatic rings. The lowest BCUT2D eigenvalue weighted by atomic mass is 10.00. The van der Waals surface area contributed by atoms with E-state index in [1.165, 1.54) is 6.92 Å². The van der Waals surface area contributed by atoms with Gasteiger partial charge in [-0.25, -0.2) is 0 Å². The predicted octanol–water partition coefficient (Wildman–Crippen LogP) is 3.52. The van der Waals surface area contributed by atoms with Gasteiger partial charge in [0.2, 0.25) is 0 Å². The topological polar surface area (TPSA) is 34.1 Å². The summed E-state index contributed by atoms with van der Waals surface area (Å²) in [6.45, 7) is 1.43. The molecule has 0 aliphatic rings. The van der Waals surface area contributed by atoms with Gasteiger partial charge in [0.1, 0.15) is 5.78 Å². The minimum atomic E-state index is -0.125. The van der Waals surface area contributed by atoms with Crippen molar-refractivity contribution < 1.29 is 9.59 Å². The van der Waals surface area contributed by atoms with Crippen LogP contribution in [-0.2, 0) is 4.79 Å². The number of hydrogen-bond acceptors (Lipinski definition) is 2. The Balaban J connectivity index is 2.31. The van der Waals surface area contributed by atoms with Gasteiger partial charge in [-0.1, -0.05) is 48.5 Å². The third-order valence-corrected chi connectivity index (χ3v) is 2.70.